The fraction of sp³-hybridized carbons (Fsp3) is 0.744. The number of nitrogens with zero attached hydrogens (tertiary/aromatic N) is 12. The van der Waals surface area contributed by atoms with Crippen LogP contribution in [0.2, 0.25) is 0 Å². The molecule has 0 aliphatic carbocycles. The number of carbonyl (C=O) groups excluding carboxylic acids is 20. The van der Waals surface area contributed by atoms with Crippen LogP contribution in [0.1, 0.15) is 167 Å². The molecule has 0 saturated carbocycles. The second-order valence-corrected chi connectivity index (χ2v) is 35.3. The fourth-order valence-corrected chi connectivity index (χ4v) is 21.1. The van der Waals surface area contributed by atoms with Crippen molar-refractivity contribution in [3.05, 3.63) is 0 Å². The topological polar surface area (TPSA) is 526 Å². The number of aliphatic carboxylic acids is 1. The van der Waals surface area contributed by atoms with E-state index in [0.29, 0.717) is 109 Å². The Morgan fingerprint density at radius 2 is 0.476 bits per heavy atom. The first kappa shape index (κ1) is 92.8. The number of hydrogen-bond acceptors (Lipinski definition) is 23. The largest absolute Gasteiger partial charge is 0.480 e. The van der Waals surface area contributed by atoms with Gasteiger partial charge >= 0.3 is 5.97 Å². The molecule has 0 unspecified atom stereocenters. The van der Waals surface area contributed by atoms with Crippen molar-refractivity contribution in [1.82, 2.24) is 107 Å². The van der Waals surface area contributed by atoms with Gasteiger partial charge in [0.1, 0.15) is 85.1 Å². The first-order valence-electron chi connectivity index (χ1n) is 45.0. The summed E-state index contributed by atoms with van der Waals surface area (Å²) < 4.78 is 0. The van der Waals surface area contributed by atoms with Gasteiger partial charge in [-0.15, -0.1) is 0 Å². The molecule has 0 spiro atoms. The maximum Gasteiger partial charge on any atom is 0.322 e. The van der Waals surface area contributed by atoms with Gasteiger partial charge in [-0.05, 0) is 173 Å². The lowest BCUT2D eigenvalue weighted by molar-refractivity contribution is -0.148. The van der Waals surface area contributed by atoms with Crippen molar-refractivity contribution < 1.29 is 106 Å². The summed E-state index contributed by atoms with van der Waals surface area (Å²) in [5, 5.41) is 33.0. The number of likely N-dealkylation sites (tertiary alicyclic amines) is 12. The van der Waals surface area contributed by atoms with E-state index in [2.05, 4.69) is 60.5 Å². The third-order valence-corrected chi connectivity index (χ3v) is 27.6. The molecule has 13 heterocycles. The van der Waals surface area contributed by atoms with Crippen molar-refractivity contribution >= 4 is 137 Å². The summed E-state index contributed by atoms with van der Waals surface area (Å²) in [6.45, 7) is -0.264. The van der Waals surface area contributed by atoms with E-state index in [0.717, 1.165) is 13.0 Å². The Morgan fingerprint density at radius 3 is 0.714 bits per heavy atom. The maximum atomic E-state index is 14.4. The van der Waals surface area contributed by atoms with E-state index in [1.165, 1.54) is 53.9 Å². The zero-order chi connectivity index (χ0) is 89.7. The number of rotatable bonds is 30. The molecule has 13 rings (SSSR count). The van der Waals surface area contributed by atoms with E-state index in [1.807, 2.05) is 0 Å². The van der Waals surface area contributed by atoms with Crippen LogP contribution in [-0.4, -0.2) is 409 Å². The van der Waals surface area contributed by atoms with Crippen LogP contribution < -0.4 is 47.9 Å². The van der Waals surface area contributed by atoms with E-state index < -0.39 is 243 Å². The Kier molecular flexibility index (Phi) is 31.1. The maximum absolute atomic E-state index is 14.4. The first-order valence-corrected chi connectivity index (χ1v) is 45.7. The van der Waals surface area contributed by atoms with Gasteiger partial charge in [0.15, 0.2) is 0 Å². The Morgan fingerprint density at radius 1 is 0.262 bits per heavy atom. The summed E-state index contributed by atoms with van der Waals surface area (Å²) in [4.78, 5) is 304. The van der Waals surface area contributed by atoms with E-state index in [9.17, 15) is 101 Å². The van der Waals surface area contributed by atoms with Crippen LogP contribution in [0, 0.1) is 0 Å². The minimum absolute atomic E-state index is 0.133. The summed E-state index contributed by atoms with van der Waals surface area (Å²) in [6, 6.07) is -12.8. The molecule has 690 valence electrons. The normalized spacial score (nSPS) is 27.3. The lowest BCUT2D eigenvalue weighted by Gasteiger charge is -2.32. The number of amides is 20. The Labute approximate surface area is 734 Å². The molecule has 0 radical (unpaired) electrons. The molecule has 0 aromatic rings. The standard InChI is InChI=1S/C82H119N21O22S/c104-62(40-84-69(112)50-15-2-33-97(50)76(119)48-14-1-27-83-48)91-49(47-126)77(120)98-34-3-16-51(98)70(113)85-41-63(105)92-28-9-22-57(92)78(121)99-35-4-17-52(99)71(114)86-42-64(106)93-29-10-23-58(93)79(122)100-36-5-18-53(100)72(115)87-43-65(107)94-30-11-24-59(94)80(123)101-37-6-19-54(101)73(116)88-44-66(108)95-31-12-25-60(95)81(124)102-38-7-20-55(102)74(117)89-45-67(109)96-32-13-26-61(96)82(125)103-39-8-21-56(103)75(118)90-46-68(110)111/h48-61,83,126H,1-47H2,(H,84,112)(H,85,113)(H,86,114)(H,87,115)(H,88,116)(H,89,117)(H,90,118)(H,91,104)(H,110,111)/t48-,49-,50-,51-,52-,53-,54-,55-,56-,57-,58-,59-,60-,61-/m0/s1. The van der Waals surface area contributed by atoms with Crippen LogP contribution >= 0.6 is 12.6 Å². The van der Waals surface area contributed by atoms with Gasteiger partial charge in [0, 0.05) is 84.3 Å². The van der Waals surface area contributed by atoms with E-state index in [-0.39, 0.29) is 147 Å². The Hall–Kier alpha value is -10.8. The molecule has 43 nitrogen and oxygen atoms in total. The molecule has 20 amide bonds. The molecule has 0 aromatic heterocycles. The number of carboxylic acids is 1. The van der Waals surface area contributed by atoms with Crippen molar-refractivity contribution in [1.29, 1.82) is 0 Å². The van der Waals surface area contributed by atoms with Gasteiger partial charge in [0.2, 0.25) is 118 Å². The van der Waals surface area contributed by atoms with Crippen LogP contribution in [0.15, 0.2) is 0 Å². The van der Waals surface area contributed by atoms with E-state index in [4.69, 9.17) is 5.11 Å². The van der Waals surface area contributed by atoms with Gasteiger partial charge in [-0.3, -0.25) is 101 Å². The lowest BCUT2D eigenvalue weighted by Crippen LogP contribution is -2.57. The van der Waals surface area contributed by atoms with Crippen molar-refractivity contribution in [2.24, 2.45) is 0 Å². The molecule has 14 atom stereocenters. The highest BCUT2D eigenvalue weighted by Gasteiger charge is 2.51. The third kappa shape index (κ3) is 20.9. The van der Waals surface area contributed by atoms with E-state index >= 15 is 0 Å². The average Bonchev–Trinajstić information content (AvgIpc) is 1.66. The summed E-state index contributed by atoms with van der Waals surface area (Å²) in [7, 11) is 0. The van der Waals surface area contributed by atoms with Crippen molar-refractivity contribution in [3.63, 3.8) is 0 Å². The SMILES string of the molecule is O=C(O)CNC(=O)[C@@H]1CCCN1C(=O)[C@@H]1CCCN1C(=O)CNC(=O)[C@@H]1CCCN1C(=O)[C@@H]1CCCN1C(=O)CNC(=O)[C@@H]1CCCN1C(=O)[C@@H]1CCCN1C(=O)CNC(=O)[C@@H]1CCCN1C(=O)[C@@H]1CCCN1C(=O)CNC(=O)[C@@H]1CCCN1C(=O)[C@@H]1CCCN1C(=O)CNC(=O)[C@@H]1CCCN1C(=O)[C@H](CS)NC(=O)CNC(=O)[C@@H]1CCCN1C(=O)[C@@H]1CCCN1. The predicted molar refractivity (Wildman–Crippen MR) is 442 cm³/mol. The summed E-state index contributed by atoms with van der Waals surface area (Å²) in [5.74, 6) is -12.1. The lowest BCUT2D eigenvalue weighted by atomic mass is 10.1. The average molecular weight is 1780 g/mol. The molecule has 13 saturated heterocycles. The molecule has 13 aliphatic rings. The fourth-order valence-electron chi connectivity index (χ4n) is 20.9. The summed E-state index contributed by atoms with van der Waals surface area (Å²) in [6.07, 6.45) is 10.8. The number of nitrogens with one attached hydrogen (secondary N) is 9. The summed E-state index contributed by atoms with van der Waals surface area (Å²) >= 11 is 4.30. The Bertz CT molecular complexity index is 4250. The number of hydrogen-bond donors (Lipinski definition) is 11. The second kappa shape index (κ2) is 42.2. The Balaban J connectivity index is 0.516. The third-order valence-electron chi connectivity index (χ3n) is 27.2. The minimum Gasteiger partial charge on any atom is -0.480 e. The van der Waals surface area contributed by atoms with Crippen molar-refractivity contribution in [2.45, 2.75) is 252 Å². The summed E-state index contributed by atoms with van der Waals surface area (Å²) in [5.41, 5.74) is 0. The molecule has 10 N–H and O–H groups in total. The van der Waals surface area contributed by atoms with Crippen LogP contribution in [0.4, 0.5) is 0 Å². The molecule has 126 heavy (non-hydrogen) atoms. The molecular weight excluding hydrogens is 1660 g/mol. The quantitative estimate of drug-likeness (QED) is 0.0298. The van der Waals surface area contributed by atoms with Crippen molar-refractivity contribution in [2.75, 3.05) is 137 Å². The van der Waals surface area contributed by atoms with Crippen LogP contribution in [0.25, 0.3) is 0 Å². The number of thiol groups is 1. The van der Waals surface area contributed by atoms with Gasteiger partial charge in [-0.25, -0.2) is 0 Å². The minimum atomic E-state index is -1.23. The van der Waals surface area contributed by atoms with Crippen LogP contribution in [0.3, 0.4) is 0 Å². The number of carboxylic acid groups (broad SMARTS) is 1. The monoisotopic (exact) mass is 1780 g/mol. The molecule has 13 fully saturated rings. The first-order chi connectivity index (χ1) is 60.6. The predicted octanol–water partition coefficient (Wildman–Crippen LogP) is -7.06. The highest BCUT2D eigenvalue weighted by molar-refractivity contribution is 7.80. The van der Waals surface area contributed by atoms with Crippen molar-refractivity contribution in [3.8, 4) is 0 Å². The van der Waals surface area contributed by atoms with Crippen LogP contribution in [-0.2, 0) is 101 Å². The van der Waals surface area contributed by atoms with Gasteiger partial charge in [0.25, 0.3) is 0 Å². The molecular formula is C82H119N21O22S. The smallest absolute Gasteiger partial charge is 0.322 e. The van der Waals surface area contributed by atoms with Gasteiger partial charge in [0.05, 0.1) is 45.3 Å². The zero-order valence-electron chi connectivity index (χ0n) is 71.2. The zero-order valence-corrected chi connectivity index (χ0v) is 72.0. The van der Waals surface area contributed by atoms with Crippen LogP contribution in [0.5, 0.6) is 0 Å². The van der Waals surface area contributed by atoms with E-state index in [1.54, 1.807) is 4.90 Å². The van der Waals surface area contributed by atoms with Gasteiger partial charge in [-0.1, -0.05) is 0 Å². The van der Waals surface area contributed by atoms with Gasteiger partial charge < -0.3 is 112 Å². The molecule has 0 bridgehead atoms. The highest BCUT2D eigenvalue weighted by Crippen LogP contribution is 2.33. The molecule has 0 aromatic carbocycles. The molecule has 44 heteroatoms. The molecule has 13 aliphatic heterocycles. The highest BCUT2D eigenvalue weighted by atomic mass is 32.1. The van der Waals surface area contributed by atoms with Gasteiger partial charge in [-0.2, -0.15) is 12.6 Å². The second-order valence-electron chi connectivity index (χ2n) is 34.9. The number of carbonyl (C=O) groups is 21.